The van der Waals surface area contributed by atoms with Gasteiger partial charge in [0.05, 0.1) is 12.3 Å². The van der Waals surface area contributed by atoms with Gasteiger partial charge in [-0.15, -0.1) is 0 Å². The van der Waals surface area contributed by atoms with E-state index in [1.54, 1.807) is 24.5 Å². The number of rotatable bonds is 4. The van der Waals surface area contributed by atoms with Crippen molar-refractivity contribution in [2.24, 2.45) is 0 Å². The highest BCUT2D eigenvalue weighted by molar-refractivity contribution is 5.09. The number of pyridine rings is 2. The molecule has 16 heavy (non-hydrogen) atoms. The Balaban J connectivity index is 1.92. The largest absolute Gasteiger partial charge is 0.340 e. The molecular weight excluding hydrogens is 204 g/mol. The van der Waals surface area contributed by atoms with Gasteiger partial charge in [0.15, 0.2) is 0 Å². The lowest BCUT2D eigenvalue weighted by molar-refractivity contribution is -0.153. The molecule has 0 aromatic carbocycles. The van der Waals surface area contributed by atoms with Gasteiger partial charge in [-0.1, -0.05) is 12.1 Å². The van der Waals surface area contributed by atoms with E-state index in [0.29, 0.717) is 5.56 Å². The van der Waals surface area contributed by atoms with Gasteiger partial charge < -0.3 is 4.74 Å². The van der Waals surface area contributed by atoms with Crippen molar-refractivity contribution in [3.63, 3.8) is 0 Å². The highest BCUT2D eigenvalue weighted by Crippen LogP contribution is 2.14. The lowest BCUT2D eigenvalue weighted by atomic mass is 10.3. The minimum Gasteiger partial charge on any atom is -0.340 e. The lowest BCUT2D eigenvalue weighted by Gasteiger charge is -2.08. The SMILES string of the molecule is [O]C(OCc1ccccn1)c1cccnc1. The first-order valence-electron chi connectivity index (χ1n) is 4.93. The first-order chi connectivity index (χ1) is 7.86. The first kappa shape index (κ1) is 10.7. The molecule has 0 fully saturated rings. The maximum Gasteiger partial charge on any atom is 0.219 e. The molecule has 0 aliphatic carbocycles. The van der Waals surface area contributed by atoms with Crippen LogP contribution in [0, 0.1) is 0 Å². The zero-order valence-electron chi connectivity index (χ0n) is 8.61. The van der Waals surface area contributed by atoms with Gasteiger partial charge in [0.1, 0.15) is 0 Å². The van der Waals surface area contributed by atoms with E-state index >= 15 is 0 Å². The van der Waals surface area contributed by atoms with Gasteiger partial charge in [-0.25, -0.2) is 0 Å². The number of hydrogen-bond acceptors (Lipinski definition) is 3. The number of ether oxygens (including phenoxy) is 1. The summed E-state index contributed by atoms with van der Waals surface area (Å²) in [5.74, 6) is 0. The first-order valence-corrected chi connectivity index (χ1v) is 4.93. The van der Waals surface area contributed by atoms with Crippen LogP contribution in [-0.4, -0.2) is 9.97 Å². The molecule has 0 aliphatic rings. The van der Waals surface area contributed by atoms with Crippen molar-refractivity contribution in [2.45, 2.75) is 12.9 Å². The molecule has 81 valence electrons. The van der Waals surface area contributed by atoms with Crippen molar-refractivity contribution < 1.29 is 9.84 Å². The van der Waals surface area contributed by atoms with Gasteiger partial charge in [-0.2, -0.15) is 5.11 Å². The maximum absolute atomic E-state index is 11.6. The molecule has 4 heteroatoms. The zero-order chi connectivity index (χ0) is 11.2. The monoisotopic (exact) mass is 215 g/mol. The van der Waals surface area contributed by atoms with Crippen molar-refractivity contribution in [3.8, 4) is 0 Å². The molecule has 4 nitrogen and oxygen atoms in total. The Morgan fingerprint density at radius 1 is 1.19 bits per heavy atom. The van der Waals surface area contributed by atoms with Crippen molar-refractivity contribution in [2.75, 3.05) is 0 Å². The molecule has 0 saturated heterocycles. The molecule has 2 aromatic rings. The summed E-state index contributed by atoms with van der Waals surface area (Å²) in [4.78, 5) is 7.93. The molecule has 0 saturated carbocycles. The highest BCUT2D eigenvalue weighted by atomic mass is 16.6. The number of aromatic nitrogens is 2. The maximum atomic E-state index is 11.6. The van der Waals surface area contributed by atoms with Crippen LogP contribution in [0.5, 0.6) is 0 Å². The van der Waals surface area contributed by atoms with E-state index in [2.05, 4.69) is 9.97 Å². The zero-order valence-corrected chi connectivity index (χ0v) is 8.61. The fourth-order valence-electron chi connectivity index (χ4n) is 1.26. The Kier molecular flexibility index (Phi) is 3.58. The van der Waals surface area contributed by atoms with E-state index in [1.807, 2.05) is 18.2 Å². The molecule has 0 amide bonds. The van der Waals surface area contributed by atoms with Gasteiger partial charge in [-0.05, 0) is 18.2 Å². The molecule has 0 aliphatic heterocycles. The van der Waals surface area contributed by atoms with E-state index in [9.17, 15) is 5.11 Å². The third-order valence-electron chi connectivity index (χ3n) is 2.07. The minimum atomic E-state index is -1.21. The van der Waals surface area contributed by atoms with Crippen LogP contribution in [0.15, 0.2) is 48.9 Å². The smallest absolute Gasteiger partial charge is 0.219 e. The van der Waals surface area contributed by atoms with Crippen LogP contribution in [-0.2, 0) is 16.5 Å². The second-order valence-corrected chi connectivity index (χ2v) is 3.25. The van der Waals surface area contributed by atoms with Crippen LogP contribution < -0.4 is 0 Å². The molecule has 2 rings (SSSR count). The molecule has 0 bridgehead atoms. The summed E-state index contributed by atoms with van der Waals surface area (Å²) in [6.07, 6.45) is 3.59. The summed E-state index contributed by atoms with van der Waals surface area (Å²) < 4.78 is 5.16. The second-order valence-electron chi connectivity index (χ2n) is 3.25. The third-order valence-corrected chi connectivity index (χ3v) is 2.07. The normalized spacial score (nSPS) is 12.3. The van der Waals surface area contributed by atoms with Crippen molar-refractivity contribution in [1.82, 2.24) is 9.97 Å². The minimum absolute atomic E-state index is 0.212. The molecule has 2 heterocycles. The summed E-state index contributed by atoms with van der Waals surface area (Å²) in [6.45, 7) is 0.212. The molecular formula is C12H11N2O2. The van der Waals surface area contributed by atoms with Crippen molar-refractivity contribution in [3.05, 3.63) is 60.2 Å². The lowest BCUT2D eigenvalue weighted by Crippen LogP contribution is -2.03. The van der Waals surface area contributed by atoms with E-state index in [-0.39, 0.29) is 6.61 Å². The Hall–Kier alpha value is -1.78. The van der Waals surface area contributed by atoms with Crippen LogP contribution in [0.4, 0.5) is 0 Å². The van der Waals surface area contributed by atoms with Crippen LogP contribution in [0.3, 0.4) is 0 Å². The van der Waals surface area contributed by atoms with E-state index in [1.165, 1.54) is 6.20 Å². The highest BCUT2D eigenvalue weighted by Gasteiger charge is 2.09. The van der Waals surface area contributed by atoms with Gasteiger partial charge >= 0.3 is 0 Å². The molecule has 1 atom stereocenters. The van der Waals surface area contributed by atoms with E-state index in [4.69, 9.17) is 4.74 Å². The summed E-state index contributed by atoms with van der Waals surface area (Å²) in [7, 11) is 0. The van der Waals surface area contributed by atoms with Crippen LogP contribution in [0.25, 0.3) is 0 Å². The predicted molar refractivity (Wildman–Crippen MR) is 56.7 cm³/mol. The Labute approximate surface area is 93.6 Å². The fraction of sp³-hybridized carbons (Fsp3) is 0.167. The molecule has 1 unspecified atom stereocenters. The van der Waals surface area contributed by atoms with Crippen molar-refractivity contribution in [1.29, 1.82) is 0 Å². The molecule has 2 aromatic heterocycles. The predicted octanol–water partition coefficient (Wildman–Crippen LogP) is 2.12. The Morgan fingerprint density at radius 3 is 2.81 bits per heavy atom. The number of hydrogen-bond donors (Lipinski definition) is 0. The Morgan fingerprint density at radius 2 is 2.12 bits per heavy atom. The summed E-state index contributed by atoms with van der Waals surface area (Å²) in [6, 6.07) is 8.90. The number of nitrogens with zero attached hydrogens (tertiary/aromatic N) is 2. The second kappa shape index (κ2) is 5.34. The van der Waals surface area contributed by atoms with Gasteiger partial charge in [0, 0.05) is 24.2 Å². The van der Waals surface area contributed by atoms with Gasteiger partial charge in [0.25, 0.3) is 0 Å². The molecule has 0 spiro atoms. The quantitative estimate of drug-likeness (QED) is 0.734. The Bertz CT molecular complexity index is 420. The summed E-state index contributed by atoms with van der Waals surface area (Å²) in [5.41, 5.74) is 1.27. The standard InChI is InChI=1S/C12H11N2O2/c15-12(10-4-3-6-13-8-10)16-9-11-5-1-2-7-14-11/h1-8,12H,9H2. The van der Waals surface area contributed by atoms with E-state index in [0.717, 1.165) is 5.69 Å². The van der Waals surface area contributed by atoms with Gasteiger partial charge in [-0.3, -0.25) is 9.97 Å². The fourth-order valence-corrected chi connectivity index (χ4v) is 1.26. The van der Waals surface area contributed by atoms with Crippen LogP contribution in [0.2, 0.25) is 0 Å². The van der Waals surface area contributed by atoms with Crippen LogP contribution >= 0.6 is 0 Å². The third kappa shape index (κ3) is 2.85. The van der Waals surface area contributed by atoms with Crippen molar-refractivity contribution >= 4 is 0 Å². The summed E-state index contributed by atoms with van der Waals surface area (Å²) >= 11 is 0. The average molecular weight is 215 g/mol. The van der Waals surface area contributed by atoms with Crippen LogP contribution in [0.1, 0.15) is 17.5 Å². The summed E-state index contributed by atoms with van der Waals surface area (Å²) in [5, 5.41) is 11.6. The topological polar surface area (TPSA) is 54.9 Å². The average Bonchev–Trinajstić information content (AvgIpc) is 2.38. The molecule has 1 radical (unpaired) electrons. The van der Waals surface area contributed by atoms with E-state index < -0.39 is 6.29 Å². The van der Waals surface area contributed by atoms with Gasteiger partial charge in [0.2, 0.25) is 6.29 Å². The molecule has 0 N–H and O–H groups in total.